The molecule has 1 aromatic carbocycles. The van der Waals surface area contributed by atoms with Crippen molar-refractivity contribution in [2.24, 2.45) is 5.73 Å². The SMILES string of the molecule is NC1c2ccc(-c3nc4ccncc4[nH]3)cc2-n2cccc21. The van der Waals surface area contributed by atoms with Crippen LogP contribution in [-0.2, 0) is 0 Å². The van der Waals surface area contributed by atoms with Crippen molar-refractivity contribution in [3.8, 4) is 17.1 Å². The van der Waals surface area contributed by atoms with E-state index in [1.807, 2.05) is 18.3 Å². The van der Waals surface area contributed by atoms with E-state index in [1.165, 1.54) is 0 Å². The highest BCUT2D eigenvalue weighted by Gasteiger charge is 2.25. The maximum Gasteiger partial charge on any atom is 0.138 e. The molecule has 106 valence electrons. The number of pyridine rings is 1. The Morgan fingerprint density at radius 2 is 2.14 bits per heavy atom. The van der Waals surface area contributed by atoms with Crippen molar-refractivity contribution in [2.75, 3.05) is 0 Å². The van der Waals surface area contributed by atoms with Crippen LogP contribution in [0.15, 0.2) is 55.0 Å². The van der Waals surface area contributed by atoms with Crippen LogP contribution in [-0.4, -0.2) is 19.5 Å². The van der Waals surface area contributed by atoms with Gasteiger partial charge in [-0.05, 0) is 29.8 Å². The van der Waals surface area contributed by atoms with Crippen LogP contribution in [0.1, 0.15) is 17.3 Å². The van der Waals surface area contributed by atoms with Gasteiger partial charge in [0.15, 0.2) is 0 Å². The van der Waals surface area contributed by atoms with E-state index in [0.717, 1.165) is 39.4 Å². The molecule has 0 fully saturated rings. The molecule has 0 bridgehead atoms. The summed E-state index contributed by atoms with van der Waals surface area (Å²) < 4.78 is 2.15. The lowest BCUT2D eigenvalue weighted by Crippen LogP contribution is -2.07. The average molecular weight is 287 g/mol. The lowest BCUT2D eigenvalue weighted by Gasteiger charge is -2.06. The fraction of sp³-hybridized carbons (Fsp3) is 0.0588. The Morgan fingerprint density at radius 3 is 3.05 bits per heavy atom. The summed E-state index contributed by atoms with van der Waals surface area (Å²) in [6.45, 7) is 0. The summed E-state index contributed by atoms with van der Waals surface area (Å²) in [6.07, 6.45) is 5.59. The molecular weight excluding hydrogens is 274 g/mol. The Kier molecular flexibility index (Phi) is 2.16. The molecule has 5 nitrogen and oxygen atoms in total. The molecule has 5 heteroatoms. The maximum absolute atomic E-state index is 6.30. The van der Waals surface area contributed by atoms with Gasteiger partial charge in [0.25, 0.3) is 0 Å². The second-order valence-corrected chi connectivity index (χ2v) is 5.53. The smallest absolute Gasteiger partial charge is 0.138 e. The summed E-state index contributed by atoms with van der Waals surface area (Å²) in [5.74, 6) is 0.847. The number of benzene rings is 1. The Morgan fingerprint density at radius 1 is 1.18 bits per heavy atom. The van der Waals surface area contributed by atoms with Gasteiger partial charge in [-0.3, -0.25) is 4.98 Å². The lowest BCUT2D eigenvalue weighted by molar-refractivity contribution is 0.865. The Labute approximate surface area is 126 Å². The van der Waals surface area contributed by atoms with E-state index in [0.29, 0.717) is 0 Å². The summed E-state index contributed by atoms with van der Waals surface area (Å²) >= 11 is 0. The first-order chi connectivity index (χ1) is 10.8. The van der Waals surface area contributed by atoms with Crippen LogP contribution in [0.3, 0.4) is 0 Å². The van der Waals surface area contributed by atoms with Gasteiger partial charge in [-0.1, -0.05) is 12.1 Å². The quantitative estimate of drug-likeness (QED) is 0.565. The van der Waals surface area contributed by atoms with Crippen LogP contribution >= 0.6 is 0 Å². The number of nitrogens with one attached hydrogen (secondary N) is 1. The molecule has 1 unspecified atom stereocenters. The number of rotatable bonds is 1. The van der Waals surface area contributed by atoms with Gasteiger partial charge in [-0.15, -0.1) is 0 Å². The molecule has 0 saturated carbocycles. The van der Waals surface area contributed by atoms with Gasteiger partial charge >= 0.3 is 0 Å². The number of nitrogens with zero attached hydrogens (tertiary/aromatic N) is 3. The third kappa shape index (κ3) is 1.46. The predicted molar refractivity (Wildman–Crippen MR) is 84.7 cm³/mol. The molecule has 4 heterocycles. The second kappa shape index (κ2) is 4.05. The van der Waals surface area contributed by atoms with Crippen LogP contribution < -0.4 is 5.73 Å². The Hall–Kier alpha value is -2.92. The number of hydrogen-bond donors (Lipinski definition) is 2. The van der Waals surface area contributed by atoms with E-state index in [4.69, 9.17) is 5.73 Å². The average Bonchev–Trinajstić information content (AvgIpc) is 3.24. The number of imidazole rings is 1. The summed E-state index contributed by atoms with van der Waals surface area (Å²) in [4.78, 5) is 12.1. The largest absolute Gasteiger partial charge is 0.337 e. The van der Waals surface area contributed by atoms with Crippen molar-refractivity contribution >= 4 is 11.0 Å². The number of nitrogens with two attached hydrogens (primary N) is 1. The van der Waals surface area contributed by atoms with Crippen LogP contribution in [0.2, 0.25) is 0 Å². The highest BCUT2D eigenvalue weighted by Crippen LogP contribution is 2.36. The predicted octanol–water partition coefficient (Wildman–Crippen LogP) is 2.78. The molecule has 22 heavy (non-hydrogen) atoms. The first-order valence-corrected chi connectivity index (χ1v) is 7.18. The molecule has 5 rings (SSSR count). The van der Waals surface area contributed by atoms with Crippen LogP contribution in [0.25, 0.3) is 28.1 Å². The Bertz CT molecular complexity index is 978. The zero-order valence-electron chi connectivity index (χ0n) is 11.7. The molecule has 3 aromatic heterocycles. The van der Waals surface area contributed by atoms with Crippen molar-refractivity contribution in [3.63, 3.8) is 0 Å². The maximum atomic E-state index is 6.30. The summed E-state index contributed by atoms with van der Waals surface area (Å²) in [5, 5.41) is 0. The molecule has 4 aromatic rings. The standard InChI is InChI=1S/C17H13N5/c18-16-11-4-3-10(8-15(11)22-7-1-2-14(16)22)17-20-12-5-6-19-9-13(12)21-17/h1-9,16H,18H2,(H,20,21). The third-order valence-corrected chi connectivity index (χ3v) is 4.28. The normalized spacial score (nSPS) is 16.0. The first kappa shape index (κ1) is 11.7. The third-order valence-electron chi connectivity index (χ3n) is 4.28. The molecule has 0 spiro atoms. The minimum atomic E-state index is -0.0566. The molecule has 1 atom stereocenters. The number of aromatic nitrogens is 4. The molecule has 1 aliphatic rings. The minimum absolute atomic E-state index is 0.0566. The van der Waals surface area contributed by atoms with E-state index < -0.39 is 0 Å². The fourth-order valence-electron chi connectivity index (χ4n) is 3.18. The van der Waals surface area contributed by atoms with Gasteiger partial charge in [0.2, 0.25) is 0 Å². The van der Waals surface area contributed by atoms with Gasteiger partial charge in [0.1, 0.15) is 5.82 Å². The molecule has 0 saturated heterocycles. The molecule has 0 radical (unpaired) electrons. The van der Waals surface area contributed by atoms with Gasteiger partial charge in [-0.25, -0.2) is 4.98 Å². The van der Waals surface area contributed by atoms with Gasteiger partial charge in [-0.2, -0.15) is 0 Å². The summed E-state index contributed by atoms with van der Waals surface area (Å²) in [5.41, 5.74) is 12.6. The monoisotopic (exact) mass is 287 g/mol. The molecule has 0 aliphatic carbocycles. The highest BCUT2D eigenvalue weighted by atomic mass is 15.0. The van der Waals surface area contributed by atoms with Crippen LogP contribution in [0.5, 0.6) is 0 Å². The molecular formula is C17H13N5. The van der Waals surface area contributed by atoms with Crippen LogP contribution in [0.4, 0.5) is 0 Å². The van der Waals surface area contributed by atoms with Crippen molar-refractivity contribution in [2.45, 2.75) is 6.04 Å². The van der Waals surface area contributed by atoms with Crippen molar-refractivity contribution in [3.05, 3.63) is 66.2 Å². The number of hydrogen-bond acceptors (Lipinski definition) is 3. The van der Waals surface area contributed by atoms with Gasteiger partial charge in [0, 0.05) is 23.7 Å². The number of H-pyrrole nitrogens is 1. The van der Waals surface area contributed by atoms with E-state index in [9.17, 15) is 0 Å². The van der Waals surface area contributed by atoms with E-state index in [1.54, 1.807) is 12.4 Å². The Balaban J connectivity index is 1.71. The second-order valence-electron chi connectivity index (χ2n) is 5.53. The van der Waals surface area contributed by atoms with Crippen LogP contribution in [0, 0.1) is 0 Å². The van der Waals surface area contributed by atoms with Crippen molar-refractivity contribution < 1.29 is 0 Å². The summed E-state index contributed by atoms with van der Waals surface area (Å²) in [7, 11) is 0. The first-order valence-electron chi connectivity index (χ1n) is 7.18. The van der Waals surface area contributed by atoms with E-state index in [-0.39, 0.29) is 6.04 Å². The molecule has 0 amide bonds. The summed E-state index contributed by atoms with van der Waals surface area (Å²) in [6, 6.07) is 12.2. The zero-order chi connectivity index (χ0) is 14.7. The van der Waals surface area contributed by atoms with Crippen molar-refractivity contribution in [1.82, 2.24) is 19.5 Å². The van der Waals surface area contributed by atoms with Crippen molar-refractivity contribution in [1.29, 1.82) is 0 Å². The lowest BCUT2D eigenvalue weighted by atomic mass is 10.0. The molecule has 1 aliphatic heterocycles. The number of fused-ring (bicyclic) bond motifs is 4. The highest BCUT2D eigenvalue weighted by molar-refractivity contribution is 5.79. The zero-order valence-corrected chi connectivity index (χ0v) is 11.7. The van der Waals surface area contributed by atoms with Gasteiger partial charge < -0.3 is 15.3 Å². The molecule has 3 N–H and O–H groups in total. The topological polar surface area (TPSA) is 72.5 Å². The minimum Gasteiger partial charge on any atom is -0.337 e. The van der Waals surface area contributed by atoms with E-state index >= 15 is 0 Å². The fourth-order valence-corrected chi connectivity index (χ4v) is 3.18. The van der Waals surface area contributed by atoms with Gasteiger partial charge in [0.05, 0.1) is 29.0 Å². The van der Waals surface area contributed by atoms with E-state index in [2.05, 4.69) is 43.8 Å². The number of aromatic amines is 1.